The highest BCUT2D eigenvalue weighted by atomic mass is 127. The van der Waals surface area contributed by atoms with Crippen molar-refractivity contribution < 1.29 is 23.1 Å². The van der Waals surface area contributed by atoms with Crippen LogP contribution in [0.5, 0.6) is 0 Å². The highest BCUT2D eigenvalue weighted by Crippen LogP contribution is 2.32. The molecule has 0 aliphatic rings. The first-order valence-corrected chi connectivity index (χ1v) is 5.02. The maximum Gasteiger partial charge on any atom is 0.418 e. The van der Waals surface area contributed by atoms with Gasteiger partial charge in [0.15, 0.2) is 0 Å². The first-order valence-electron chi connectivity index (χ1n) is 3.94. The molecular formula is C9H5F3INO2. The van der Waals surface area contributed by atoms with Gasteiger partial charge in [-0.25, -0.2) is 9.78 Å². The van der Waals surface area contributed by atoms with Gasteiger partial charge in [0.25, 0.3) is 0 Å². The third-order valence-corrected chi connectivity index (χ3v) is 2.20. The number of aliphatic carboxylic acids is 1. The Kier molecular flexibility index (Phi) is 3.89. The molecular weight excluding hydrogens is 338 g/mol. The van der Waals surface area contributed by atoms with Crippen LogP contribution in [0.25, 0.3) is 6.08 Å². The number of halogens is 4. The molecule has 1 aromatic rings. The van der Waals surface area contributed by atoms with Crippen molar-refractivity contribution in [3.05, 3.63) is 33.2 Å². The SMILES string of the molecule is O=C(O)/C=C/c1cc(I)ncc1C(F)(F)F. The second-order valence-electron chi connectivity index (χ2n) is 2.76. The van der Waals surface area contributed by atoms with Crippen molar-refractivity contribution in [1.82, 2.24) is 4.98 Å². The molecule has 0 fully saturated rings. The van der Waals surface area contributed by atoms with Crippen molar-refractivity contribution >= 4 is 34.6 Å². The second kappa shape index (κ2) is 4.81. The van der Waals surface area contributed by atoms with Crippen molar-refractivity contribution in [1.29, 1.82) is 0 Å². The number of carboxylic acids is 1. The Morgan fingerprint density at radius 1 is 1.50 bits per heavy atom. The van der Waals surface area contributed by atoms with Crippen LogP contribution in [0.1, 0.15) is 11.1 Å². The number of pyridine rings is 1. The number of rotatable bonds is 2. The van der Waals surface area contributed by atoms with Gasteiger partial charge in [-0.3, -0.25) is 0 Å². The molecule has 3 nitrogen and oxygen atoms in total. The van der Waals surface area contributed by atoms with Crippen LogP contribution in [-0.2, 0) is 11.0 Å². The van der Waals surface area contributed by atoms with E-state index in [4.69, 9.17) is 5.11 Å². The first kappa shape index (κ1) is 12.9. The number of nitrogens with zero attached hydrogens (tertiary/aromatic N) is 1. The summed E-state index contributed by atoms with van der Waals surface area (Å²) in [6.45, 7) is 0. The summed E-state index contributed by atoms with van der Waals surface area (Å²) >= 11 is 1.75. The molecule has 0 spiro atoms. The van der Waals surface area contributed by atoms with Crippen LogP contribution in [0, 0.1) is 3.70 Å². The van der Waals surface area contributed by atoms with E-state index in [0.29, 0.717) is 16.0 Å². The van der Waals surface area contributed by atoms with Crippen molar-refractivity contribution in [2.45, 2.75) is 6.18 Å². The van der Waals surface area contributed by atoms with Crippen LogP contribution < -0.4 is 0 Å². The van der Waals surface area contributed by atoms with Gasteiger partial charge in [0.1, 0.15) is 3.70 Å². The maximum absolute atomic E-state index is 12.5. The lowest BCUT2D eigenvalue weighted by molar-refractivity contribution is -0.138. The number of alkyl halides is 3. The quantitative estimate of drug-likeness (QED) is 0.510. The van der Waals surface area contributed by atoms with E-state index in [0.717, 1.165) is 6.08 Å². The van der Waals surface area contributed by atoms with E-state index in [1.807, 2.05) is 0 Å². The predicted molar refractivity (Wildman–Crippen MR) is 58.6 cm³/mol. The third kappa shape index (κ3) is 3.47. The fraction of sp³-hybridized carbons (Fsp3) is 0.111. The molecule has 7 heteroatoms. The molecule has 1 heterocycles. The van der Waals surface area contributed by atoms with Gasteiger partial charge in [-0.05, 0) is 40.3 Å². The molecule has 0 atom stereocenters. The number of hydrogen-bond donors (Lipinski definition) is 1. The third-order valence-electron chi connectivity index (χ3n) is 1.61. The van der Waals surface area contributed by atoms with Gasteiger partial charge in [-0.15, -0.1) is 0 Å². The van der Waals surface area contributed by atoms with Crippen molar-refractivity contribution in [2.75, 3.05) is 0 Å². The minimum Gasteiger partial charge on any atom is -0.478 e. The molecule has 1 aromatic heterocycles. The van der Waals surface area contributed by atoms with Crippen LogP contribution in [0.4, 0.5) is 13.2 Å². The second-order valence-corrected chi connectivity index (χ2v) is 3.87. The van der Waals surface area contributed by atoms with Gasteiger partial charge in [0.2, 0.25) is 0 Å². The summed E-state index contributed by atoms with van der Waals surface area (Å²) in [5.41, 5.74) is -1.17. The largest absolute Gasteiger partial charge is 0.478 e. The molecule has 0 saturated carbocycles. The van der Waals surface area contributed by atoms with Crippen LogP contribution in [0.3, 0.4) is 0 Å². The minimum absolute atomic E-state index is 0.214. The highest BCUT2D eigenvalue weighted by molar-refractivity contribution is 14.1. The lowest BCUT2D eigenvalue weighted by atomic mass is 10.1. The summed E-state index contributed by atoms with van der Waals surface area (Å²) < 4.78 is 37.8. The molecule has 0 aliphatic carbocycles. The van der Waals surface area contributed by atoms with Gasteiger partial charge in [-0.2, -0.15) is 13.2 Å². The first-order chi connectivity index (χ1) is 7.30. The predicted octanol–water partition coefficient (Wildman–Crippen LogP) is 2.80. The average molecular weight is 343 g/mol. The molecule has 0 aliphatic heterocycles. The number of hydrogen-bond acceptors (Lipinski definition) is 2. The molecule has 0 radical (unpaired) electrons. The highest BCUT2D eigenvalue weighted by Gasteiger charge is 2.33. The van der Waals surface area contributed by atoms with E-state index in [9.17, 15) is 18.0 Å². The van der Waals surface area contributed by atoms with Crippen molar-refractivity contribution in [3.63, 3.8) is 0 Å². The normalized spacial score (nSPS) is 12.0. The zero-order chi connectivity index (χ0) is 12.3. The van der Waals surface area contributed by atoms with Gasteiger partial charge in [0.05, 0.1) is 5.56 Å². The Labute approximate surface area is 102 Å². The summed E-state index contributed by atoms with van der Waals surface area (Å²) in [4.78, 5) is 13.8. The van der Waals surface area contributed by atoms with Gasteiger partial charge in [-0.1, -0.05) is 0 Å². The molecule has 0 amide bonds. The smallest absolute Gasteiger partial charge is 0.418 e. The molecule has 1 rings (SSSR count). The van der Waals surface area contributed by atoms with E-state index < -0.39 is 17.7 Å². The number of carboxylic acid groups (broad SMARTS) is 1. The molecule has 16 heavy (non-hydrogen) atoms. The maximum atomic E-state index is 12.5. The van der Waals surface area contributed by atoms with Crippen molar-refractivity contribution in [2.24, 2.45) is 0 Å². The summed E-state index contributed by atoms with van der Waals surface area (Å²) in [6.07, 6.45) is -2.31. The van der Waals surface area contributed by atoms with E-state index in [1.54, 1.807) is 22.6 Å². The molecule has 0 bridgehead atoms. The Hall–Kier alpha value is -1.12. The van der Waals surface area contributed by atoms with Crippen molar-refractivity contribution in [3.8, 4) is 0 Å². The summed E-state index contributed by atoms with van der Waals surface area (Å²) in [7, 11) is 0. The fourth-order valence-corrected chi connectivity index (χ4v) is 1.45. The monoisotopic (exact) mass is 343 g/mol. The van der Waals surface area contributed by atoms with Crippen LogP contribution in [0.15, 0.2) is 18.3 Å². The Morgan fingerprint density at radius 3 is 2.62 bits per heavy atom. The van der Waals surface area contributed by atoms with Crippen LogP contribution in [0.2, 0.25) is 0 Å². The molecule has 86 valence electrons. The number of aromatic nitrogens is 1. The van der Waals surface area contributed by atoms with E-state index >= 15 is 0 Å². The fourth-order valence-electron chi connectivity index (χ4n) is 0.980. The summed E-state index contributed by atoms with van der Waals surface area (Å²) in [5, 5.41) is 8.35. The van der Waals surface area contributed by atoms with E-state index in [-0.39, 0.29) is 5.56 Å². The molecule has 0 saturated heterocycles. The van der Waals surface area contributed by atoms with Gasteiger partial charge >= 0.3 is 12.1 Å². The average Bonchev–Trinajstić information content (AvgIpc) is 2.12. The number of carbonyl (C=O) groups is 1. The van der Waals surface area contributed by atoms with Gasteiger partial charge in [0, 0.05) is 12.3 Å². The minimum atomic E-state index is -4.55. The zero-order valence-electron chi connectivity index (χ0n) is 7.62. The summed E-state index contributed by atoms with van der Waals surface area (Å²) in [6, 6.07) is 1.17. The van der Waals surface area contributed by atoms with E-state index in [1.165, 1.54) is 6.07 Å². The zero-order valence-corrected chi connectivity index (χ0v) is 9.78. The van der Waals surface area contributed by atoms with E-state index in [2.05, 4.69) is 4.98 Å². The molecule has 0 unspecified atom stereocenters. The topological polar surface area (TPSA) is 50.2 Å². The Bertz CT molecular complexity index is 443. The van der Waals surface area contributed by atoms with Gasteiger partial charge < -0.3 is 5.11 Å². The lowest BCUT2D eigenvalue weighted by Gasteiger charge is -2.09. The standard InChI is InChI=1S/C9H5F3INO2/c10-9(11,12)6-4-14-7(13)3-5(6)1-2-8(15)16/h1-4H,(H,15,16)/b2-1+. The summed E-state index contributed by atoms with van der Waals surface area (Å²) in [5.74, 6) is -1.31. The van der Waals surface area contributed by atoms with Crippen LogP contribution >= 0.6 is 22.6 Å². The molecule has 1 N–H and O–H groups in total. The Morgan fingerprint density at radius 2 is 2.12 bits per heavy atom. The molecule has 0 aromatic carbocycles. The lowest BCUT2D eigenvalue weighted by Crippen LogP contribution is -2.08. The van der Waals surface area contributed by atoms with Crippen LogP contribution in [-0.4, -0.2) is 16.1 Å². The Balaban J connectivity index is 3.24.